The number of halogens is 3. The smallest absolute Gasteiger partial charge is 0.390 e. The summed E-state index contributed by atoms with van der Waals surface area (Å²) in [7, 11) is 0. The third-order valence-electron chi connectivity index (χ3n) is 4.05. The molecule has 0 radical (unpaired) electrons. The van der Waals surface area contributed by atoms with Gasteiger partial charge < -0.3 is 5.11 Å². The maximum Gasteiger partial charge on any atom is 0.433 e. The number of nitrogens with zero attached hydrogens (tertiary/aromatic N) is 2. The van der Waals surface area contributed by atoms with E-state index in [-0.39, 0.29) is 5.92 Å². The monoisotopic (exact) mass is 288 g/mol. The van der Waals surface area contributed by atoms with Gasteiger partial charge in [0, 0.05) is 25.8 Å². The fraction of sp³-hybridized carbons (Fsp3) is 0.643. The minimum atomic E-state index is -4.39. The van der Waals surface area contributed by atoms with Gasteiger partial charge in [0.2, 0.25) is 0 Å². The van der Waals surface area contributed by atoms with Crippen LogP contribution in [-0.2, 0) is 12.7 Å². The number of piperidine rings is 1. The number of alkyl halides is 3. The molecule has 1 aliphatic rings. The first-order valence-electron chi connectivity index (χ1n) is 6.65. The molecule has 3 nitrogen and oxygen atoms in total. The van der Waals surface area contributed by atoms with Gasteiger partial charge in [-0.3, -0.25) is 9.88 Å². The second-order valence-electron chi connectivity index (χ2n) is 5.79. The number of pyridine rings is 1. The van der Waals surface area contributed by atoms with Crippen molar-refractivity contribution in [2.45, 2.75) is 38.6 Å². The number of likely N-dealkylation sites (tertiary alicyclic amines) is 1. The second kappa shape index (κ2) is 5.33. The zero-order valence-corrected chi connectivity index (χ0v) is 11.6. The number of rotatable bonds is 2. The Morgan fingerprint density at radius 3 is 2.65 bits per heavy atom. The van der Waals surface area contributed by atoms with Gasteiger partial charge in [-0.2, -0.15) is 13.2 Å². The maximum atomic E-state index is 12.4. The molecule has 0 spiro atoms. The summed E-state index contributed by atoms with van der Waals surface area (Å²) in [6.45, 7) is 5.84. The van der Waals surface area contributed by atoms with E-state index in [1.165, 1.54) is 12.3 Å². The van der Waals surface area contributed by atoms with E-state index in [1.54, 1.807) is 0 Å². The van der Waals surface area contributed by atoms with Gasteiger partial charge in [-0.15, -0.1) is 0 Å². The summed E-state index contributed by atoms with van der Waals surface area (Å²) in [5, 5.41) is 10.1. The number of aliphatic hydroxyl groups is 1. The topological polar surface area (TPSA) is 36.4 Å². The molecule has 1 aromatic rings. The van der Waals surface area contributed by atoms with Crippen molar-refractivity contribution in [2.75, 3.05) is 13.1 Å². The molecule has 1 aliphatic heterocycles. The van der Waals surface area contributed by atoms with E-state index in [1.807, 2.05) is 13.8 Å². The first-order chi connectivity index (χ1) is 9.18. The van der Waals surface area contributed by atoms with E-state index in [4.69, 9.17) is 0 Å². The summed E-state index contributed by atoms with van der Waals surface area (Å²) in [6, 6.07) is 2.48. The molecule has 2 atom stereocenters. The van der Waals surface area contributed by atoms with Crippen LogP contribution in [0.3, 0.4) is 0 Å². The van der Waals surface area contributed by atoms with E-state index in [9.17, 15) is 18.3 Å². The summed E-state index contributed by atoms with van der Waals surface area (Å²) in [5.74, 6) is 0.138. The van der Waals surface area contributed by atoms with Crippen LogP contribution in [0.25, 0.3) is 0 Å². The quantitative estimate of drug-likeness (QED) is 0.909. The zero-order valence-electron chi connectivity index (χ0n) is 11.6. The molecule has 20 heavy (non-hydrogen) atoms. The Balaban J connectivity index is 1.98. The van der Waals surface area contributed by atoms with Gasteiger partial charge in [0.05, 0.1) is 5.60 Å². The Hall–Kier alpha value is -1.14. The first-order valence-corrected chi connectivity index (χ1v) is 6.65. The molecule has 1 N–H and O–H groups in total. The van der Waals surface area contributed by atoms with E-state index in [0.717, 1.165) is 24.7 Å². The molecule has 0 saturated carbocycles. The second-order valence-corrected chi connectivity index (χ2v) is 5.79. The Morgan fingerprint density at radius 1 is 1.45 bits per heavy atom. The Kier molecular flexibility index (Phi) is 4.07. The fourth-order valence-electron chi connectivity index (χ4n) is 2.39. The van der Waals surface area contributed by atoms with Crippen LogP contribution in [-0.4, -0.2) is 33.7 Å². The van der Waals surface area contributed by atoms with Crippen molar-refractivity contribution in [3.05, 3.63) is 29.6 Å². The van der Waals surface area contributed by atoms with Crippen LogP contribution in [0.4, 0.5) is 13.2 Å². The summed E-state index contributed by atoms with van der Waals surface area (Å²) in [5.41, 5.74) is -0.766. The molecule has 2 rings (SSSR count). The molecular weight excluding hydrogens is 269 g/mol. The summed E-state index contributed by atoms with van der Waals surface area (Å²) in [4.78, 5) is 5.59. The minimum absolute atomic E-state index is 0.138. The van der Waals surface area contributed by atoms with Crippen LogP contribution < -0.4 is 0 Å². The minimum Gasteiger partial charge on any atom is -0.390 e. The van der Waals surface area contributed by atoms with Gasteiger partial charge in [0.25, 0.3) is 0 Å². The lowest BCUT2D eigenvalue weighted by molar-refractivity contribution is -0.141. The molecule has 1 fully saturated rings. The Bertz CT molecular complexity index is 456. The highest BCUT2D eigenvalue weighted by Crippen LogP contribution is 2.29. The maximum absolute atomic E-state index is 12.4. The van der Waals surface area contributed by atoms with Gasteiger partial charge >= 0.3 is 6.18 Å². The Labute approximate surface area is 116 Å². The predicted molar refractivity (Wildman–Crippen MR) is 68.9 cm³/mol. The fourth-order valence-corrected chi connectivity index (χ4v) is 2.39. The lowest BCUT2D eigenvalue weighted by Crippen LogP contribution is -2.48. The van der Waals surface area contributed by atoms with Crippen LogP contribution in [0.15, 0.2) is 18.3 Å². The summed E-state index contributed by atoms with van der Waals surface area (Å²) >= 11 is 0. The van der Waals surface area contributed by atoms with E-state index in [2.05, 4.69) is 9.88 Å². The summed E-state index contributed by atoms with van der Waals surface area (Å²) < 4.78 is 37.2. The van der Waals surface area contributed by atoms with Crippen LogP contribution in [0.1, 0.15) is 31.5 Å². The predicted octanol–water partition coefficient (Wildman–Crippen LogP) is 2.69. The lowest BCUT2D eigenvalue weighted by Gasteiger charge is -2.41. The molecule has 2 heterocycles. The third-order valence-corrected chi connectivity index (χ3v) is 4.05. The highest BCUT2D eigenvalue weighted by molar-refractivity contribution is 5.16. The van der Waals surface area contributed by atoms with Crippen molar-refractivity contribution < 1.29 is 18.3 Å². The number of aromatic nitrogens is 1. The third kappa shape index (κ3) is 3.49. The van der Waals surface area contributed by atoms with Gasteiger partial charge in [-0.1, -0.05) is 13.0 Å². The number of hydrogen-bond acceptors (Lipinski definition) is 3. The largest absolute Gasteiger partial charge is 0.433 e. The van der Waals surface area contributed by atoms with E-state index < -0.39 is 17.5 Å². The standard InChI is InChI=1S/C14H19F3N2O/c1-10-8-19(6-5-13(10,2)20)9-11-3-4-12(18-7-11)14(15,16)17/h3-4,7,10,20H,5-6,8-9H2,1-2H3/t10-,13+/m1/s1. The average Bonchev–Trinajstić information content (AvgIpc) is 2.34. The van der Waals surface area contributed by atoms with Crippen molar-refractivity contribution in [3.63, 3.8) is 0 Å². The SMILES string of the molecule is C[C@@H]1CN(Cc2ccc(C(F)(F)F)nc2)CC[C@]1(C)O. The highest BCUT2D eigenvalue weighted by Gasteiger charge is 2.35. The molecule has 0 bridgehead atoms. The molecule has 0 unspecified atom stereocenters. The lowest BCUT2D eigenvalue weighted by atomic mass is 9.84. The van der Waals surface area contributed by atoms with Crippen molar-refractivity contribution in [3.8, 4) is 0 Å². The number of hydrogen-bond donors (Lipinski definition) is 1. The normalized spacial score (nSPS) is 28.6. The van der Waals surface area contributed by atoms with Gasteiger partial charge in [-0.25, -0.2) is 0 Å². The zero-order chi connectivity index (χ0) is 15.0. The Morgan fingerprint density at radius 2 is 2.15 bits per heavy atom. The molecule has 0 aromatic carbocycles. The van der Waals surface area contributed by atoms with Crippen molar-refractivity contribution >= 4 is 0 Å². The van der Waals surface area contributed by atoms with Crippen LogP contribution in [0.5, 0.6) is 0 Å². The molecule has 0 amide bonds. The average molecular weight is 288 g/mol. The molecule has 1 aromatic heterocycles. The molecule has 0 aliphatic carbocycles. The summed E-state index contributed by atoms with van der Waals surface area (Å²) in [6.07, 6.45) is -2.45. The van der Waals surface area contributed by atoms with Gasteiger partial charge in [-0.05, 0) is 30.9 Å². The molecular formula is C14H19F3N2O. The van der Waals surface area contributed by atoms with E-state index >= 15 is 0 Å². The van der Waals surface area contributed by atoms with Crippen molar-refractivity contribution in [1.82, 2.24) is 9.88 Å². The van der Waals surface area contributed by atoms with E-state index in [0.29, 0.717) is 13.0 Å². The first kappa shape index (κ1) is 15.3. The van der Waals surface area contributed by atoms with Gasteiger partial charge in [0.1, 0.15) is 5.69 Å². The van der Waals surface area contributed by atoms with Crippen LogP contribution in [0.2, 0.25) is 0 Å². The van der Waals surface area contributed by atoms with Crippen LogP contribution >= 0.6 is 0 Å². The van der Waals surface area contributed by atoms with Crippen LogP contribution in [0, 0.1) is 5.92 Å². The van der Waals surface area contributed by atoms with Crippen molar-refractivity contribution in [1.29, 1.82) is 0 Å². The molecule has 6 heteroatoms. The molecule has 112 valence electrons. The molecule has 1 saturated heterocycles. The van der Waals surface area contributed by atoms with Gasteiger partial charge in [0.15, 0.2) is 0 Å². The highest BCUT2D eigenvalue weighted by atomic mass is 19.4. The van der Waals surface area contributed by atoms with Crippen molar-refractivity contribution in [2.24, 2.45) is 5.92 Å².